The fraction of sp³-hybridized carbons (Fsp3) is 0.286. The normalized spacial score (nSPS) is 31.5. The van der Waals surface area contributed by atoms with Crippen LogP contribution in [0.4, 0.5) is 0 Å². The third-order valence-corrected chi connectivity index (χ3v) is 5.50. The van der Waals surface area contributed by atoms with Gasteiger partial charge in [-0.15, -0.1) is 0 Å². The Balaban J connectivity index is 2.55. The van der Waals surface area contributed by atoms with Gasteiger partial charge >= 0.3 is 0 Å². The van der Waals surface area contributed by atoms with Gasteiger partial charge in [0.05, 0.1) is 0 Å². The largest absolute Gasteiger partial charge is 0.281 e. The SMILES string of the molecule is O=C1SS(=O)(=O)C2CC=CC=C12. The molecule has 12 heavy (non-hydrogen) atoms. The Labute approximate surface area is 73.8 Å². The monoisotopic (exact) mass is 202 g/mol. The van der Waals surface area contributed by atoms with E-state index in [2.05, 4.69) is 0 Å². The minimum absolute atomic E-state index is 0.315. The van der Waals surface area contributed by atoms with Crippen molar-refractivity contribution in [3.63, 3.8) is 0 Å². The van der Waals surface area contributed by atoms with Crippen LogP contribution in [0.15, 0.2) is 23.8 Å². The van der Waals surface area contributed by atoms with E-state index in [-0.39, 0.29) is 5.12 Å². The first-order chi connectivity index (χ1) is 5.61. The van der Waals surface area contributed by atoms with Gasteiger partial charge in [-0.2, -0.15) is 0 Å². The Morgan fingerprint density at radius 2 is 2.25 bits per heavy atom. The van der Waals surface area contributed by atoms with Crippen LogP contribution in [0, 0.1) is 0 Å². The number of rotatable bonds is 0. The third kappa shape index (κ3) is 1.04. The van der Waals surface area contributed by atoms with E-state index >= 15 is 0 Å². The second kappa shape index (κ2) is 2.47. The highest BCUT2D eigenvalue weighted by atomic mass is 33.1. The summed E-state index contributed by atoms with van der Waals surface area (Å²) in [6, 6.07) is 0. The fourth-order valence-electron chi connectivity index (χ4n) is 1.29. The van der Waals surface area contributed by atoms with Gasteiger partial charge in [0.1, 0.15) is 5.25 Å². The van der Waals surface area contributed by atoms with Gasteiger partial charge in [0.2, 0.25) is 14.0 Å². The number of fused-ring (bicyclic) bond motifs is 1. The zero-order valence-corrected chi connectivity index (χ0v) is 7.69. The van der Waals surface area contributed by atoms with Gasteiger partial charge in [-0.05, 0) is 6.42 Å². The van der Waals surface area contributed by atoms with Crippen LogP contribution in [0.5, 0.6) is 0 Å². The van der Waals surface area contributed by atoms with E-state index < -0.39 is 14.1 Å². The van der Waals surface area contributed by atoms with Gasteiger partial charge in [0.25, 0.3) is 0 Å². The Morgan fingerprint density at radius 1 is 1.50 bits per heavy atom. The average molecular weight is 202 g/mol. The molecule has 0 radical (unpaired) electrons. The molecular weight excluding hydrogens is 196 g/mol. The van der Waals surface area contributed by atoms with E-state index in [4.69, 9.17) is 0 Å². The molecule has 1 saturated heterocycles. The van der Waals surface area contributed by atoms with Crippen LogP contribution in [0.2, 0.25) is 0 Å². The van der Waals surface area contributed by atoms with Gasteiger partial charge in [-0.3, -0.25) is 4.79 Å². The second-order valence-electron chi connectivity index (χ2n) is 2.64. The molecule has 0 N–H and O–H groups in total. The molecule has 1 unspecified atom stereocenters. The summed E-state index contributed by atoms with van der Waals surface area (Å²) >= 11 is 0. The molecule has 1 aliphatic carbocycles. The molecule has 0 amide bonds. The predicted molar refractivity (Wildman–Crippen MR) is 47.1 cm³/mol. The zero-order valence-electron chi connectivity index (χ0n) is 6.06. The molecule has 2 rings (SSSR count). The summed E-state index contributed by atoms with van der Waals surface area (Å²) in [6.45, 7) is 0. The molecule has 1 atom stereocenters. The van der Waals surface area contributed by atoms with Gasteiger partial charge in [-0.25, -0.2) is 8.42 Å². The molecule has 1 aliphatic heterocycles. The summed E-state index contributed by atoms with van der Waals surface area (Å²) in [7, 11) is -2.80. The third-order valence-electron chi connectivity index (χ3n) is 1.88. The molecule has 1 heterocycles. The van der Waals surface area contributed by atoms with E-state index in [0.717, 1.165) is 0 Å². The summed E-state index contributed by atoms with van der Waals surface area (Å²) in [4.78, 5) is 11.1. The maximum atomic E-state index is 11.3. The van der Waals surface area contributed by atoms with Crippen molar-refractivity contribution in [2.45, 2.75) is 11.7 Å². The fourth-order valence-corrected chi connectivity index (χ4v) is 4.66. The van der Waals surface area contributed by atoms with Crippen LogP contribution >= 0.6 is 10.8 Å². The lowest BCUT2D eigenvalue weighted by atomic mass is 10.1. The van der Waals surface area contributed by atoms with Gasteiger partial charge in [0.15, 0.2) is 0 Å². The molecular formula is C7H6O3S2. The molecule has 0 saturated carbocycles. The highest BCUT2D eigenvalue weighted by Gasteiger charge is 2.42. The van der Waals surface area contributed by atoms with Crippen molar-refractivity contribution in [1.82, 2.24) is 0 Å². The predicted octanol–water partition coefficient (Wildman–Crippen LogP) is 0.845. The molecule has 64 valence electrons. The van der Waals surface area contributed by atoms with Crippen LogP contribution < -0.4 is 0 Å². The van der Waals surface area contributed by atoms with Gasteiger partial charge in [0, 0.05) is 16.4 Å². The first-order valence-electron chi connectivity index (χ1n) is 3.45. The van der Waals surface area contributed by atoms with Crippen molar-refractivity contribution in [2.75, 3.05) is 0 Å². The lowest BCUT2D eigenvalue weighted by molar-refractivity contribution is -0.107. The highest BCUT2D eigenvalue weighted by Crippen LogP contribution is 2.39. The summed E-state index contributed by atoms with van der Waals surface area (Å²) < 4.78 is 22.5. The average Bonchev–Trinajstić information content (AvgIpc) is 2.25. The molecule has 0 bridgehead atoms. The number of hydrogen-bond donors (Lipinski definition) is 0. The number of carbonyl (C=O) groups is 1. The van der Waals surface area contributed by atoms with E-state index in [1.54, 1.807) is 18.2 Å². The molecule has 5 heteroatoms. The zero-order chi connectivity index (χ0) is 8.77. The summed E-state index contributed by atoms with van der Waals surface area (Å²) in [6.07, 6.45) is 5.52. The van der Waals surface area contributed by atoms with E-state index in [1.165, 1.54) is 0 Å². The summed E-state index contributed by atoms with van der Waals surface area (Å²) in [5.74, 6) is 0. The molecule has 0 spiro atoms. The number of hydrogen-bond acceptors (Lipinski definition) is 4. The van der Waals surface area contributed by atoms with E-state index in [9.17, 15) is 13.2 Å². The van der Waals surface area contributed by atoms with Crippen LogP contribution in [-0.2, 0) is 13.7 Å². The van der Waals surface area contributed by atoms with Crippen LogP contribution in [0.1, 0.15) is 6.42 Å². The molecule has 3 nitrogen and oxygen atoms in total. The topological polar surface area (TPSA) is 51.2 Å². The molecule has 0 aromatic rings. The van der Waals surface area contributed by atoms with Crippen molar-refractivity contribution >= 4 is 24.8 Å². The minimum Gasteiger partial charge on any atom is -0.281 e. The van der Waals surface area contributed by atoms with Crippen LogP contribution in [0.25, 0.3) is 0 Å². The molecule has 2 aliphatic rings. The Kier molecular flexibility index (Phi) is 1.66. The lowest BCUT2D eigenvalue weighted by Crippen LogP contribution is -2.15. The summed E-state index contributed by atoms with van der Waals surface area (Å²) in [5.41, 5.74) is 0.433. The first-order valence-corrected chi connectivity index (χ1v) is 6.33. The Bertz CT molecular complexity index is 389. The van der Waals surface area contributed by atoms with Gasteiger partial charge < -0.3 is 0 Å². The lowest BCUT2D eigenvalue weighted by Gasteiger charge is -2.08. The first kappa shape index (κ1) is 8.07. The highest BCUT2D eigenvalue weighted by molar-refractivity contribution is 8.79. The smallest absolute Gasteiger partial charge is 0.231 e. The van der Waals surface area contributed by atoms with Gasteiger partial charge in [-0.1, -0.05) is 18.2 Å². The quantitative estimate of drug-likeness (QED) is 0.546. The Hall–Kier alpha value is -0.550. The maximum Gasteiger partial charge on any atom is 0.231 e. The van der Waals surface area contributed by atoms with Crippen molar-refractivity contribution in [1.29, 1.82) is 0 Å². The van der Waals surface area contributed by atoms with Crippen molar-refractivity contribution in [3.8, 4) is 0 Å². The molecule has 0 aromatic carbocycles. The standard InChI is InChI=1S/C7H6O3S2/c8-7-5-3-1-2-4-6(5)12(9,10)11-7/h1-3,6H,4H2. The van der Waals surface area contributed by atoms with Crippen molar-refractivity contribution in [3.05, 3.63) is 23.8 Å². The minimum atomic E-state index is -3.25. The van der Waals surface area contributed by atoms with Crippen LogP contribution in [0.3, 0.4) is 0 Å². The van der Waals surface area contributed by atoms with Crippen molar-refractivity contribution in [2.24, 2.45) is 0 Å². The summed E-state index contributed by atoms with van der Waals surface area (Å²) in [5, 5.41) is -0.899. The van der Waals surface area contributed by atoms with Crippen molar-refractivity contribution < 1.29 is 13.2 Å². The molecule has 1 fully saturated rings. The number of carbonyl (C=O) groups excluding carboxylic acids is 1. The van der Waals surface area contributed by atoms with E-state index in [1.807, 2.05) is 0 Å². The number of allylic oxidation sites excluding steroid dienone is 3. The Morgan fingerprint density at radius 3 is 2.92 bits per heavy atom. The maximum absolute atomic E-state index is 11.3. The van der Waals surface area contributed by atoms with E-state index in [0.29, 0.717) is 22.8 Å². The molecule has 0 aromatic heterocycles. The second-order valence-corrected chi connectivity index (χ2v) is 6.62. The van der Waals surface area contributed by atoms with Crippen LogP contribution in [-0.4, -0.2) is 18.8 Å².